The van der Waals surface area contributed by atoms with Gasteiger partial charge in [-0.3, -0.25) is 0 Å². The Morgan fingerprint density at radius 2 is 2.07 bits per heavy atom. The van der Waals surface area contributed by atoms with Crippen LogP contribution < -0.4 is 5.32 Å². The summed E-state index contributed by atoms with van der Waals surface area (Å²) in [5.74, 6) is 0. The lowest BCUT2D eigenvalue weighted by Crippen LogP contribution is -2.57. The first kappa shape index (κ1) is 12.9. The fraction of sp³-hybridized carbons (Fsp3) is 1.00. The average molecular weight is 214 g/mol. The lowest BCUT2D eigenvalue weighted by Gasteiger charge is -2.41. The minimum absolute atomic E-state index is 0.168. The van der Waals surface area contributed by atoms with Crippen molar-refractivity contribution in [3.63, 3.8) is 0 Å². The maximum absolute atomic E-state index is 9.47. The minimum atomic E-state index is -0.168. The van der Waals surface area contributed by atoms with Crippen LogP contribution in [0.4, 0.5) is 0 Å². The third-order valence-corrected chi connectivity index (χ3v) is 3.28. The molecule has 15 heavy (non-hydrogen) atoms. The molecule has 1 aliphatic carbocycles. The van der Waals surface area contributed by atoms with Gasteiger partial charge in [0, 0.05) is 18.6 Å². The summed E-state index contributed by atoms with van der Waals surface area (Å²) in [6.07, 6.45) is 4.00. The van der Waals surface area contributed by atoms with Crippen molar-refractivity contribution in [2.45, 2.75) is 57.7 Å². The van der Waals surface area contributed by atoms with Crippen molar-refractivity contribution < 1.29 is 5.11 Å². The number of hydrogen-bond donors (Lipinski definition) is 2. The van der Waals surface area contributed by atoms with Crippen molar-refractivity contribution in [1.29, 1.82) is 0 Å². The quantitative estimate of drug-likeness (QED) is 0.698. The summed E-state index contributed by atoms with van der Waals surface area (Å²) in [6, 6.07) is 1.15. The SMILES string of the molecule is CC(C)NC(C)(CO)CN(C)C1CCC1. The normalized spacial score (nSPS) is 21.8. The second-order valence-corrected chi connectivity index (χ2v) is 5.52. The highest BCUT2D eigenvalue weighted by Gasteiger charge is 2.30. The lowest BCUT2D eigenvalue weighted by atomic mass is 9.90. The van der Waals surface area contributed by atoms with E-state index in [1.807, 2.05) is 0 Å². The zero-order valence-corrected chi connectivity index (χ0v) is 10.6. The van der Waals surface area contributed by atoms with Gasteiger partial charge in [-0.25, -0.2) is 0 Å². The maximum atomic E-state index is 9.47. The van der Waals surface area contributed by atoms with E-state index in [2.05, 4.69) is 38.0 Å². The van der Waals surface area contributed by atoms with E-state index in [9.17, 15) is 5.11 Å². The van der Waals surface area contributed by atoms with E-state index in [1.54, 1.807) is 0 Å². The topological polar surface area (TPSA) is 35.5 Å². The van der Waals surface area contributed by atoms with Crippen LogP contribution in [0.25, 0.3) is 0 Å². The minimum Gasteiger partial charge on any atom is -0.394 e. The van der Waals surface area contributed by atoms with E-state index in [-0.39, 0.29) is 12.1 Å². The van der Waals surface area contributed by atoms with Gasteiger partial charge in [-0.15, -0.1) is 0 Å². The predicted molar refractivity (Wildman–Crippen MR) is 64.0 cm³/mol. The first-order valence-electron chi connectivity index (χ1n) is 6.05. The van der Waals surface area contributed by atoms with Gasteiger partial charge in [0.1, 0.15) is 0 Å². The molecule has 2 N–H and O–H groups in total. The molecule has 1 atom stereocenters. The molecule has 90 valence electrons. The fourth-order valence-corrected chi connectivity index (χ4v) is 2.35. The largest absolute Gasteiger partial charge is 0.394 e. The van der Waals surface area contributed by atoms with Crippen LogP contribution in [-0.4, -0.2) is 47.8 Å². The molecule has 1 saturated carbocycles. The van der Waals surface area contributed by atoms with E-state index >= 15 is 0 Å². The Hall–Kier alpha value is -0.120. The Morgan fingerprint density at radius 1 is 1.47 bits per heavy atom. The lowest BCUT2D eigenvalue weighted by molar-refractivity contribution is 0.0800. The van der Waals surface area contributed by atoms with Crippen LogP contribution in [0.3, 0.4) is 0 Å². The smallest absolute Gasteiger partial charge is 0.0623 e. The number of rotatable bonds is 6. The van der Waals surface area contributed by atoms with Gasteiger partial charge < -0.3 is 15.3 Å². The highest BCUT2D eigenvalue weighted by Crippen LogP contribution is 2.24. The van der Waals surface area contributed by atoms with Crippen LogP contribution in [0.15, 0.2) is 0 Å². The van der Waals surface area contributed by atoms with Crippen molar-refractivity contribution in [1.82, 2.24) is 10.2 Å². The van der Waals surface area contributed by atoms with Crippen molar-refractivity contribution >= 4 is 0 Å². The van der Waals surface area contributed by atoms with Gasteiger partial charge in [0.25, 0.3) is 0 Å². The molecule has 3 heteroatoms. The molecule has 3 nitrogen and oxygen atoms in total. The number of aliphatic hydroxyl groups excluding tert-OH is 1. The Morgan fingerprint density at radius 3 is 2.40 bits per heavy atom. The summed E-state index contributed by atoms with van der Waals surface area (Å²) in [5, 5.41) is 12.9. The standard InChI is InChI=1S/C12H26N2O/c1-10(2)13-12(3,9-15)8-14(4)11-6-5-7-11/h10-11,13,15H,5-9H2,1-4H3. The van der Waals surface area contributed by atoms with E-state index in [4.69, 9.17) is 0 Å². The van der Waals surface area contributed by atoms with Crippen molar-refractivity contribution in [2.24, 2.45) is 0 Å². The molecular weight excluding hydrogens is 188 g/mol. The van der Waals surface area contributed by atoms with Crippen molar-refractivity contribution in [3.8, 4) is 0 Å². The Kier molecular flexibility index (Phi) is 4.56. The third kappa shape index (κ3) is 3.74. The van der Waals surface area contributed by atoms with Crippen LogP contribution in [0.1, 0.15) is 40.0 Å². The number of aliphatic hydroxyl groups is 1. The van der Waals surface area contributed by atoms with E-state index in [1.165, 1.54) is 19.3 Å². The Labute approximate surface area is 93.9 Å². The molecule has 1 fully saturated rings. The summed E-state index contributed by atoms with van der Waals surface area (Å²) in [5.41, 5.74) is -0.168. The zero-order chi connectivity index (χ0) is 11.5. The van der Waals surface area contributed by atoms with Gasteiger partial charge in [-0.1, -0.05) is 20.3 Å². The highest BCUT2D eigenvalue weighted by atomic mass is 16.3. The molecule has 0 saturated heterocycles. The Balaban J connectivity index is 2.42. The van der Waals surface area contributed by atoms with Crippen LogP contribution in [0, 0.1) is 0 Å². The van der Waals surface area contributed by atoms with Gasteiger partial charge in [0.2, 0.25) is 0 Å². The number of hydrogen-bond acceptors (Lipinski definition) is 3. The molecule has 0 spiro atoms. The van der Waals surface area contributed by atoms with Crippen LogP contribution in [0.5, 0.6) is 0 Å². The van der Waals surface area contributed by atoms with E-state index in [0.717, 1.165) is 12.6 Å². The number of nitrogens with zero attached hydrogens (tertiary/aromatic N) is 1. The summed E-state index contributed by atoms with van der Waals surface area (Å²) < 4.78 is 0. The number of nitrogens with one attached hydrogen (secondary N) is 1. The Bertz CT molecular complexity index is 192. The summed E-state index contributed by atoms with van der Waals surface area (Å²) in [4.78, 5) is 2.38. The van der Waals surface area contributed by atoms with Crippen LogP contribution in [-0.2, 0) is 0 Å². The van der Waals surface area contributed by atoms with Gasteiger partial charge >= 0.3 is 0 Å². The second-order valence-electron chi connectivity index (χ2n) is 5.52. The van der Waals surface area contributed by atoms with Gasteiger partial charge in [-0.2, -0.15) is 0 Å². The van der Waals surface area contributed by atoms with Crippen molar-refractivity contribution in [3.05, 3.63) is 0 Å². The third-order valence-electron chi connectivity index (χ3n) is 3.28. The summed E-state index contributed by atoms with van der Waals surface area (Å²) in [7, 11) is 2.17. The maximum Gasteiger partial charge on any atom is 0.0623 e. The van der Waals surface area contributed by atoms with Gasteiger partial charge in [0.05, 0.1) is 12.1 Å². The van der Waals surface area contributed by atoms with E-state index < -0.39 is 0 Å². The summed E-state index contributed by atoms with van der Waals surface area (Å²) >= 11 is 0. The molecule has 0 heterocycles. The monoisotopic (exact) mass is 214 g/mol. The molecular formula is C12H26N2O. The predicted octanol–water partition coefficient (Wildman–Crippen LogP) is 1.22. The molecule has 0 aromatic heterocycles. The second kappa shape index (κ2) is 5.28. The number of likely N-dealkylation sites (N-methyl/N-ethyl adjacent to an activating group) is 1. The molecule has 0 aromatic carbocycles. The van der Waals surface area contributed by atoms with E-state index in [0.29, 0.717) is 6.04 Å². The first-order chi connectivity index (χ1) is 6.97. The van der Waals surface area contributed by atoms with Crippen molar-refractivity contribution in [2.75, 3.05) is 20.2 Å². The molecule has 1 unspecified atom stereocenters. The molecule has 0 aliphatic heterocycles. The molecule has 0 bridgehead atoms. The van der Waals surface area contributed by atoms with Crippen LogP contribution in [0.2, 0.25) is 0 Å². The highest BCUT2D eigenvalue weighted by molar-refractivity contribution is 4.90. The first-order valence-corrected chi connectivity index (χ1v) is 6.05. The van der Waals surface area contributed by atoms with Crippen LogP contribution >= 0.6 is 0 Å². The molecule has 0 radical (unpaired) electrons. The van der Waals surface area contributed by atoms with Gasteiger partial charge in [0.15, 0.2) is 0 Å². The fourth-order valence-electron chi connectivity index (χ4n) is 2.35. The zero-order valence-electron chi connectivity index (χ0n) is 10.6. The molecule has 0 amide bonds. The average Bonchev–Trinajstić information content (AvgIpc) is 1.98. The molecule has 1 aliphatic rings. The van der Waals surface area contributed by atoms with Gasteiger partial charge in [-0.05, 0) is 26.8 Å². The molecule has 0 aromatic rings. The molecule has 1 rings (SSSR count). The summed E-state index contributed by atoms with van der Waals surface area (Å²) in [6.45, 7) is 7.46.